The zero-order valence-corrected chi connectivity index (χ0v) is 8.38. The van der Waals surface area contributed by atoms with E-state index in [2.05, 4.69) is 22.1 Å². The quantitative estimate of drug-likeness (QED) is 0.726. The van der Waals surface area contributed by atoms with Crippen LogP contribution in [0, 0.1) is 0 Å². The smallest absolute Gasteiger partial charge is 0.167 e. The molecule has 0 unspecified atom stereocenters. The number of H-pyrrole nitrogens is 1. The second-order valence-corrected chi connectivity index (χ2v) is 3.24. The fraction of sp³-hybridized carbons (Fsp3) is 0.778. The van der Waals surface area contributed by atoms with Crippen LogP contribution in [0.5, 0.6) is 0 Å². The minimum Gasteiger partial charge on any atom is -0.321 e. The van der Waals surface area contributed by atoms with E-state index in [4.69, 9.17) is 5.73 Å². The van der Waals surface area contributed by atoms with Crippen LogP contribution in [0.25, 0.3) is 0 Å². The average Bonchev–Trinajstić information content (AvgIpc) is 2.62. The molecule has 0 fully saturated rings. The van der Waals surface area contributed by atoms with Crippen LogP contribution in [0.1, 0.15) is 50.8 Å². The molecule has 1 heterocycles. The van der Waals surface area contributed by atoms with Crippen molar-refractivity contribution < 1.29 is 0 Å². The fourth-order valence-electron chi connectivity index (χ4n) is 1.19. The molecule has 4 nitrogen and oxygen atoms in total. The lowest BCUT2D eigenvalue weighted by Crippen LogP contribution is -2.11. The molecule has 1 aromatic rings. The van der Waals surface area contributed by atoms with Gasteiger partial charge in [-0.2, -0.15) is 5.10 Å². The second-order valence-electron chi connectivity index (χ2n) is 3.24. The molecule has 0 aliphatic rings. The summed E-state index contributed by atoms with van der Waals surface area (Å²) >= 11 is 0. The highest BCUT2D eigenvalue weighted by atomic mass is 15.2. The number of aromatic amines is 1. The van der Waals surface area contributed by atoms with E-state index < -0.39 is 0 Å². The molecule has 0 bridgehead atoms. The van der Waals surface area contributed by atoms with Crippen molar-refractivity contribution in [2.45, 2.75) is 45.6 Å². The first kappa shape index (κ1) is 10.2. The maximum atomic E-state index is 5.90. The molecule has 0 radical (unpaired) electrons. The Bertz CT molecular complexity index is 244. The second kappa shape index (κ2) is 4.97. The Morgan fingerprint density at radius 1 is 1.46 bits per heavy atom. The summed E-state index contributed by atoms with van der Waals surface area (Å²) in [6, 6.07) is -0.00324. The van der Waals surface area contributed by atoms with Crippen molar-refractivity contribution in [1.82, 2.24) is 15.2 Å². The van der Waals surface area contributed by atoms with Gasteiger partial charge in [-0.15, -0.1) is 0 Å². The summed E-state index contributed by atoms with van der Waals surface area (Å²) in [5.41, 5.74) is 5.90. The van der Waals surface area contributed by atoms with Gasteiger partial charge in [-0.3, -0.25) is 5.10 Å². The van der Waals surface area contributed by atoms with E-state index in [-0.39, 0.29) is 6.04 Å². The molecule has 1 rings (SSSR count). The Morgan fingerprint density at radius 3 is 2.77 bits per heavy atom. The Labute approximate surface area is 78.9 Å². The van der Waals surface area contributed by atoms with Crippen LogP contribution in [-0.2, 0) is 6.42 Å². The van der Waals surface area contributed by atoms with Gasteiger partial charge in [0, 0.05) is 6.42 Å². The van der Waals surface area contributed by atoms with E-state index in [1.807, 2.05) is 6.92 Å². The normalized spacial score (nSPS) is 13.2. The third kappa shape index (κ3) is 2.81. The predicted octanol–water partition coefficient (Wildman–Crippen LogP) is 1.56. The van der Waals surface area contributed by atoms with Crippen molar-refractivity contribution in [1.29, 1.82) is 0 Å². The van der Waals surface area contributed by atoms with E-state index in [1.54, 1.807) is 0 Å². The van der Waals surface area contributed by atoms with E-state index >= 15 is 0 Å². The Kier molecular flexibility index (Phi) is 3.89. The number of rotatable bonds is 5. The minimum atomic E-state index is -0.00324. The van der Waals surface area contributed by atoms with Crippen LogP contribution in [-0.4, -0.2) is 15.2 Å². The molecule has 0 spiro atoms. The van der Waals surface area contributed by atoms with Gasteiger partial charge in [-0.25, -0.2) is 4.98 Å². The van der Waals surface area contributed by atoms with E-state index in [9.17, 15) is 0 Å². The maximum Gasteiger partial charge on any atom is 0.167 e. The van der Waals surface area contributed by atoms with Crippen molar-refractivity contribution in [2.24, 2.45) is 5.73 Å². The fourth-order valence-corrected chi connectivity index (χ4v) is 1.19. The molecule has 0 aliphatic heterocycles. The van der Waals surface area contributed by atoms with Gasteiger partial charge in [0.2, 0.25) is 0 Å². The highest BCUT2D eigenvalue weighted by Crippen LogP contribution is 2.12. The lowest BCUT2D eigenvalue weighted by molar-refractivity contribution is 0.576. The molecule has 3 N–H and O–H groups in total. The van der Waals surface area contributed by atoms with Gasteiger partial charge in [0.05, 0.1) is 6.04 Å². The molecule has 0 saturated carbocycles. The monoisotopic (exact) mass is 182 g/mol. The zero-order chi connectivity index (χ0) is 9.68. The third-order valence-electron chi connectivity index (χ3n) is 2.08. The first-order valence-corrected chi connectivity index (χ1v) is 4.94. The summed E-state index contributed by atoms with van der Waals surface area (Å²) in [5.74, 6) is 1.67. The van der Waals surface area contributed by atoms with Crippen LogP contribution in [0.15, 0.2) is 0 Å². The molecule has 0 aliphatic carbocycles. The summed E-state index contributed by atoms with van der Waals surface area (Å²) in [7, 11) is 0. The first-order valence-electron chi connectivity index (χ1n) is 4.94. The summed E-state index contributed by atoms with van der Waals surface area (Å²) < 4.78 is 0. The zero-order valence-electron chi connectivity index (χ0n) is 8.38. The summed E-state index contributed by atoms with van der Waals surface area (Å²) in [6.07, 6.45) is 4.15. The van der Waals surface area contributed by atoms with E-state index in [1.165, 1.54) is 6.42 Å². The molecule has 1 atom stereocenters. The summed E-state index contributed by atoms with van der Waals surface area (Å²) in [6.45, 7) is 4.20. The van der Waals surface area contributed by atoms with Crippen molar-refractivity contribution in [3.63, 3.8) is 0 Å². The lowest BCUT2D eigenvalue weighted by atomic mass is 10.1. The van der Waals surface area contributed by atoms with Gasteiger partial charge in [-0.1, -0.05) is 26.7 Å². The number of hydrogen-bond acceptors (Lipinski definition) is 3. The van der Waals surface area contributed by atoms with E-state index in [0.29, 0.717) is 0 Å². The number of nitrogens with two attached hydrogens (primary N) is 1. The van der Waals surface area contributed by atoms with Crippen LogP contribution in [0.4, 0.5) is 0 Å². The molecule has 74 valence electrons. The number of unbranched alkanes of at least 4 members (excludes halogenated alkanes) is 1. The summed E-state index contributed by atoms with van der Waals surface area (Å²) in [5, 5.41) is 6.95. The van der Waals surface area contributed by atoms with Gasteiger partial charge in [-0.05, 0) is 6.42 Å². The number of aryl methyl sites for hydroxylation is 1. The highest BCUT2D eigenvalue weighted by molar-refractivity contribution is 4.95. The largest absolute Gasteiger partial charge is 0.321 e. The maximum absolute atomic E-state index is 5.90. The standard InChI is InChI=1S/C9H18N4/c1-3-5-6-7(10)9-11-8(4-2)12-13-9/h7H,3-6,10H2,1-2H3,(H,11,12,13)/t7-/m0/s1. The van der Waals surface area contributed by atoms with Gasteiger partial charge in [0.15, 0.2) is 5.82 Å². The van der Waals surface area contributed by atoms with Crippen LogP contribution < -0.4 is 5.73 Å². The van der Waals surface area contributed by atoms with Crippen LogP contribution >= 0.6 is 0 Å². The minimum absolute atomic E-state index is 0.00324. The SMILES string of the molecule is CCCC[C@H](N)c1n[nH]c(CC)n1. The first-order chi connectivity index (χ1) is 6.27. The van der Waals surface area contributed by atoms with Gasteiger partial charge < -0.3 is 5.73 Å². The van der Waals surface area contributed by atoms with Gasteiger partial charge in [0.25, 0.3) is 0 Å². The number of nitrogens with zero attached hydrogens (tertiary/aromatic N) is 2. The molecule has 1 aromatic heterocycles. The summed E-state index contributed by atoms with van der Waals surface area (Å²) in [4.78, 5) is 4.29. The van der Waals surface area contributed by atoms with Crippen molar-refractivity contribution in [2.75, 3.05) is 0 Å². The molecule has 13 heavy (non-hydrogen) atoms. The number of nitrogens with one attached hydrogen (secondary N) is 1. The van der Waals surface area contributed by atoms with Crippen molar-refractivity contribution in [3.8, 4) is 0 Å². The highest BCUT2D eigenvalue weighted by Gasteiger charge is 2.10. The molecule has 0 aromatic carbocycles. The number of aromatic nitrogens is 3. The predicted molar refractivity (Wildman–Crippen MR) is 52.2 cm³/mol. The number of hydrogen-bond donors (Lipinski definition) is 2. The molecule has 0 amide bonds. The molecular weight excluding hydrogens is 164 g/mol. The van der Waals surface area contributed by atoms with Gasteiger partial charge in [0.1, 0.15) is 5.82 Å². The van der Waals surface area contributed by atoms with Gasteiger partial charge >= 0.3 is 0 Å². The van der Waals surface area contributed by atoms with E-state index in [0.717, 1.165) is 30.9 Å². The van der Waals surface area contributed by atoms with Crippen LogP contribution in [0.2, 0.25) is 0 Å². The lowest BCUT2D eigenvalue weighted by Gasteiger charge is -2.04. The molecule has 0 saturated heterocycles. The average molecular weight is 182 g/mol. The van der Waals surface area contributed by atoms with Crippen LogP contribution in [0.3, 0.4) is 0 Å². The molecular formula is C9H18N4. The van der Waals surface area contributed by atoms with Crippen molar-refractivity contribution in [3.05, 3.63) is 11.6 Å². The Balaban J connectivity index is 2.50. The third-order valence-corrected chi connectivity index (χ3v) is 2.08. The Morgan fingerprint density at radius 2 is 2.23 bits per heavy atom. The molecule has 4 heteroatoms. The topological polar surface area (TPSA) is 67.6 Å². The Hall–Kier alpha value is -0.900. The van der Waals surface area contributed by atoms with Crippen molar-refractivity contribution >= 4 is 0 Å².